The number of quaternary nitrogens is 1. The van der Waals surface area contributed by atoms with Gasteiger partial charge >= 0.3 is 0 Å². The normalized spacial score (nSPS) is 22.2. The maximum Gasteiger partial charge on any atom is 0.181 e. The predicted molar refractivity (Wildman–Crippen MR) is 114 cm³/mol. The van der Waals surface area contributed by atoms with Crippen molar-refractivity contribution < 1.29 is 4.74 Å². The molecule has 0 N–H and O–H groups in total. The van der Waals surface area contributed by atoms with Crippen LogP contribution < -0.4 is 9.38 Å². The van der Waals surface area contributed by atoms with E-state index in [4.69, 9.17) is 16.3 Å². The first-order chi connectivity index (χ1) is 13.5. The van der Waals surface area contributed by atoms with Crippen molar-refractivity contribution in [2.45, 2.75) is 6.23 Å². The number of benzene rings is 2. The van der Waals surface area contributed by atoms with Crippen molar-refractivity contribution in [1.29, 1.82) is 5.26 Å². The van der Waals surface area contributed by atoms with Crippen molar-refractivity contribution in [3.8, 4) is 6.07 Å². The van der Waals surface area contributed by atoms with Crippen LogP contribution in [0.5, 0.6) is 0 Å². The second kappa shape index (κ2) is 7.40. The minimum atomic E-state index is -0.164. The largest absolute Gasteiger partial charge is 0.356 e. The third kappa shape index (κ3) is 3.31. The Hall–Kier alpha value is -2.65. The summed E-state index contributed by atoms with van der Waals surface area (Å²) >= 11 is 6.23. The number of hydrogen-bond acceptors (Lipinski definition) is 4. The van der Waals surface area contributed by atoms with E-state index in [-0.39, 0.29) is 6.23 Å². The number of anilines is 1. The highest BCUT2D eigenvalue weighted by molar-refractivity contribution is 6.30. The fourth-order valence-corrected chi connectivity index (χ4v) is 4.14. The highest BCUT2D eigenvalue weighted by atomic mass is 35.5. The number of methoxy groups -OCH3 is 1. The highest BCUT2D eigenvalue weighted by Gasteiger charge is 2.39. The molecule has 5 nitrogen and oxygen atoms in total. The second-order valence-corrected chi connectivity index (χ2v) is 7.77. The van der Waals surface area contributed by atoms with Gasteiger partial charge in [0, 0.05) is 23.6 Å². The summed E-state index contributed by atoms with van der Waals surface area (Å²) in [5.74, 6) is 0.804. The van der Waals surface area contributed by atoms with Crippen LogP contribution in [-0.4, -0.2) is 45.0 Å². The van der Waals surface area contributed by atoms with Gasteiger partial charge in [0.25, 0.3) is 0 Å². The van der Waals surface area contributed by atoms with Crippen LogP contribution in [0.25, 0.3) is 10.8 Å². The molecule has 0 radical (unpaired) electrons. The van der Waals surface area contributed by atoms with Gasteiger partial charge in [0.1, 0.15) is 36.4 Å². The molecular weight excluding hydrogens is 372 g/mol. The molecule has 4 rings (SSSR count). The summed E-state index contributed by atoms with van der Waals surface area (Å²) in [4.78, 5) is 6.81. The number of fused-ring (bicyclic) bond motifs is 1. The maximum absolute atomic E-state index is 9.42. The Morgan fingerprint density at radius 2 is 2.04 bits per heavy atom. The number of pyridine rings is 1. The molecule has 142 valence electrons. The van der Waals surface area contributed by atoms with E-state index in [2.05, 4.69) is 29.1 Å². The number of ether oxygens (including phenoxy) is 1. The zero-order valence-electron chi connectivity index (χ0n) is 16.0. The second-order valence-electron chi connectivity index (χ2n) is 7.33. The lowest BCUT2D eigenvalue weighted by Gasteiger charge is -2.46. The molecule has 0 spiro atoms. The minimum Gasteiger partial charge on any atom is -0.356 e. The average Bonchev–Trinajstić information content (AvgIpc) is 2.73. The molecule has 2 atom stereocenters. The van der Waals surface area contributed by atoms with Gasteiger partial charge in [-0.1, -0.05) is 41.9 Å². The topological polar surface area (TPSA) is 49.1 Å². The van der Waals surface area contributed by atoms with Crippen LogP contribution in [0.15, 0.2) is 54.6 Å². The van der Waals surface area contributed by atoms with E-state index in [1.165, 1.54) is 0 Å². The molecule has 6 heteroatoms. The number of likely N-dealkylation sites (N-methyl/N-ethyl adjacent to an activating group) is 1. The van der Waals surface area contributed by atoms with Gasteiger partial charge in [-0.15, -0.1) is 0 Å². The Kier molecular flexibility index (Phi) is 4.94. The summed E-state index contributed by atoms with van der Waals surface area (Å²) in [5.41, 5.74) is 1.58. The lowest BCUT2D eigenvalue weighted by atomic mass is 10.1. The van der Waals surface area contributed by atoms with Crippen LogP contribution in [0.3, 0.4) is 0 Å². The van der Waals surface area contributed by atoms with Crippen molar-refractivity contribution in [3.63, 3.8) is 0 Å². The summed E-state index contributed by atoms with van der Waals surface area (Å²) in [6.07, 6.45) is -0.164. The molecule has 0 bridgehead atoms. The van der Waals surface area contributed by atoms with Gasteiger partial charge in [-0.3, -0.25) is 4.48 Å². The van der Waals surface area contributed by atoms with Crippen LogP contribution in [0.2, 0.25) is 5.02 Å². The first-order valence-corrected chi connectivity index (χ1v) is 9.62. The van der Waals surface area contributed by atoms with E-state index in [0.717, 1.165) is 51.4 Å². The average molecular weight is 394 g/mol. The molecule has 2 heterocycles. The summed E-state index contributed by atoms with van der Waals surface area (Å²) in [5, 5.41) is 12.2. The van der Waals surface area contributed by atoms with E-state index in [1.807, 2.05) is 48.5 Å². The standard InChI is InChI=1S/C22H22ClN4O/c1-27(19-8-5-7-17(23)13-19)11-10-26(21(15-27)28-2)22-20-9-4-3-6-16(20)12-18(14-24)25-22/h3-9,12-13,21H,10-11,15H2,1-2H3/q+1. The Morgan fingerprint density at radius 3 is 2.79 bits per heavy atom. The third-order valence-electron chi connectivity index (χ3n) is 5.55. The Balaban J connectivity index is 1.73. The van der Waals surface area contributed by atoms with E-state index in [9.17, 15) is 5.26 Å². The SMILES string of the molecule is COC1C[N+](C)(c2cccc(Cl)c2)CCN1c1nc(C#N)cc2ccccc12. The first-order valence-electron chi connectivity index (χ1n) is 9.24. The van der Waals surface area contributed by atoms with Crippen LogP contribution >= 0.6 is 11.6 Å². The van der Waals surface area contributed by atoms with Gasteiger partial charge in [-0.2, -0.15) is 5.26 Å². The molecule has 0 amide bonds. The number of halogens is 1. The van der Waals surface area contributed by atoms with Crippen LogP contribution in [0, 0.1) is 11.3 Å². The molecule has 2 unspecified atom stereocenters. The Bertz CT molecular complexity index is 1060. The molecule has 0 saturated carbocycles. The molecule has 1 saturated heterocycles. The van der Waals surface area contributed by atoms with Crippen molar-refractivity contribution in [3.05, 3.63) is 65.3 Å². The van der Waals surface area contributed by atoms with Crippen LogP contribution in [0.1, 0.15) is 5.69 Å². The molecule has 3 aromatic rings. The summed E-state index contributed by atoms with van der Waals surface area (Å²) in [6, 6.07) is 20.1. The lowest BCUT2D eigenvalue weighted by molar-refractivity contribution is 0.0511. The number of hydrogen-bond donors (Lipinski definition) is 0. The molecule has 1 aromatic heterocycles. The van der Waals surface area contributed by atoms with Gasteiger partial charge in [0.05, 0.1) is 13.6 Å². The van der Waals surface area contributed by atoms with E-state index < -0.39 is 0 Å². The van der Waals surface area contributed by atoms with Crippen molar-refractivity contribution >= 4 is 33.9 Å². The molecule has 28 heavy (non-hydrogen) atoms. The molecule has 0 aliphatic carbocycles. The summed E-state index contributed by atoms with van der Waals surface area (Å²) in [6.45, 7) is 2.39. The van der Waals surface area contributed by atoms with Crippen molar-refractivity contribution in [2.75, 3.05) is 38.7 Å². The van der Waals surface area contributed by atoms with E-state index in [0.29, 0.717) is 5.69 Å². The summed E-state index contributed by atoms with van der Waals surface area (Å²) in [7, 11) is 3.92. The fraction of sp³-hybridized carbons (Fsp3) is 0.273. The number of aromatic nitrogens is 1. The quantitative estimate of drug-likeness (QED) is 0.626. The first kappa shape index (κ1) is 18.7. The highest BCUT2D eigenvalue weighted by Crippen LogP contribution is 2.33. The van der Waals surface area contributed by atoms with Gasteiger partial charge in [0.2, 0.25) is 0 Å². The molecule has 1 aliphatic rings. The smallest absolute Gasteiger partial charge is 0.181 e. The van der Waals surface area contributed by atoms with Gasteiger partial charge in [0.15, 0.2) is 6.23 Å². The van der Waals surface area contributed by atoms with Gasteiger partial charge < -0.3 is 9.64 Å². The number of rotatable bonds is 3. The molecule has 1 aliphatic heterocycles. The Morgan fingerprint density at radius 1 is 1.21 bits per heavy atom. The third-order valence-corrected chi connectivity index (χ3v) is 5.79. The fourth-order valence-electron chi connectivity index (χ4n) is 3.95. The van der Waals surface area contributed by atoms with Gasteiger partial charge in [-0.05, 0) is 23.6 Å². The van der Waals surface area contributed by atoms with E-state index in [1.54, 1.807) is 7.11 Å². The number of piperazine rings is 1. The van der Waals surface area contributed by atoms with Crippen molar-refractivity contribution in [2.24, 2.45) is 0 Å². The van der Waals surface area contributed by atoms with Crippen LogP contribution in [-0.2, 0) is 4.74 Å². The Labute approximate surface area is 169 Å². The van der Waals surface area contributed by atoms with Gasteiger partial charge in [-0.25, -0.2) is 4.98 Å². The lowest BCUT2D eigenvalue weighted by Crippen LogP contribution is -2.63. The van der Waals surface area contributed by atoms with E-state index >= 15 is 0 Å². The molecule has 1 fully saturated rings. The molecular formula is C22H22ClN4O+. The number of nitrogens with zero attached hydrogens (tertiary/aromatic N) is 4. The number of nitriles is 1. The zero-order chi connectivity index (χ0) is 19.7. The maximum atomic E-state index is 9.42. The predicted octanol–water partition coefficient (Wildman–Crippen LogP) is 4.19. The van der Waals surface area contributed by atoms with Crippen molar-refractivity contribution in [1.82, 2.24) is 9.47 Å². The zero-order valence-corrected chi connectivity index (χ0v) is 16.7. The van der Waals surface area contributed by atoms with Crippen LogP contribution in [0.4, 0.5) is 11.5 Å². The monoisotopic (exact) mass is 393 g/mol. The molecule has 2 aromatic carbocycles. The minimum absolute atomic E-state index is 0.164. The summed E-state index contributed by atoms with van der Waals surface area (Å²) < 4.78 is 6.61.